The molecule has 0 radical (unpaired) electrons. The summed E-state index contributed by atoms with van der Waals surface area (Å²) in [5, 5.41) is 27.5. The van der Waals surface area contributed by atoms with E-state index in [9.17, 15) is 43.5 Å². The minimum atomic E-state index is -1.16. The van der Waals surface area contributed by atoms with Gasteiger partial charge in [0.2, 0.25) is 17.7 Å². The number of aromatic carboxylic acids is 1. The minimum Gasteiger partial charge on any atom is -0.497 e. The van der Waals surface area contributed by atoms with Crippen LogP contribution >= 0.6 is 11.3 Å². The van der Waals surface area contributed by atoms with E-state index in [4.69, 9.17) is 24.3 Å². The molecular formula is C70H83N11O12S. The van der Waals surface area contributed by atoms with E-state index >= 15 is 0 Å². The van der Waals surface area contributed by atoms with Crippen molar-refractivity contribution in [2.75, 3.05) is 55.9 Å². The number of hydrogen-bond donors (Lipinski definition) is 5. The summed E-state index contributed by atoms with van der Waals surface area (Å²) >= 11 is 1.40. The summed E-state index contributed by atoms with van der Waals surface area (Å²) in [5.41, 5.74) is 5.58. The molecule has 5 N–H and O–H groups in total. The lowest BCUT2D eigenvalue weighted by Crippen LogP contribution is -2.64. The summed E-state index contributed by atoms with van der Waals surface area (Å²) in [6.45, 7) is 14.3. The molecular weight excluding hydrogens is 1220 g/mol. The molecule has 24 heteroatoms. The number of imide groups is 1. The van der Waals surface area contributed by atoms with Gasteiger partial charge < -0.3 is 45.1 Å². The van der Waals surface area contributed by atoms with Crippen molar-refractivity contribution >= 4 is 85.7 Å². The molecule has 3 aromatic carbocycles. The number of ether oxygens (including phenoxy) is 3. The summed E-state index contributed by atoms with van der Waals surface area (Å²) in [6.07, 6.45) is 11.9. The van der Waals surface area contributed by atoms with Crippen LogP contribution < -0.4 is 30.9 Å². The molecule has 2 unspecified atom stereocenters. The van der Waals surface area contributed by atoms with E-state index in [1.807, 2.05) is 59.0 Å². The Morgan fingerprint density at radius 1 is 0.819 bits per heavy atom. The summed E-state index contributed by atoms with van der Waals surface area (Å²) < 4.78 is 21.3. The van der Waals surface area contributed by atoms with E-state index in [2.05, 4.69) is 40.1 Å². The van der Waals surface area contributed by atoms with Gasteiger partial charge in [0.1, 0.15) is 30.3 Å². The highest BCUT2D eigenvalue weighted by molar-refractivity contribution is 7.22. The predicted octanol–water partition coefficient (Wildman–Crippen LogP) is 9.86. The Labute approximate surface area is 550 Å². The average Bonchev–Trinajstić information content (AvgIpc) is 0.798. The fourth-order valence-corrected chi connectivity index (χ4v) is 16.7. The zero-order valence-electron chi connectivity index (χ0n) is 54.6. The minimum absolute atomic E-state index is 0.00967. The average molecular weight is 1300 g/mol. The summed E-state index contributed by atoms with van der Waals surface area (Å²) in [4.78, 5) is 117. The van der Waals surface area contributed by atoms with Crippen molar-refractivity contribution in [1.82, 2.24) is 40.2 Å². The van der Waals surface area contributed by atoms with E-state index in [0.717, 1.165) is 70.5 Å². The molecule has 5 heterocycles. The van der Waals surface area contributed by atoms with Gasteiger partial charge in [0, 0.05) is 86.4 Å². The molecule has 0 spiro atoms. The first kappa shape index (κ1) is 66.4. The van der Waals surface area contributed by atoms with Crippen LogP contribution in [0.3, 0.4) is 0 Å². The monoisotopic (exact) mass is 1300 g/mol. The lowest BCUT2D eigenvalue weighted by atomic mass is 9.39. The van der Waals surface area contributed by atoms with Gasteiger partial charge in [-0.1, -0.05) is 69.7 Å². The maximum Gasteiger partial charge on any atom is 0.409 e. The number of amides is 7. The molecule has 23 nitrogen and oxygen atoms in total. The lowest BCUT2D eigenvalue weighted by Gasteiger charge is -2.69. The fraction of sp³-hybridized carbons (Fsp3) is 0.471. The molecule has 4 fully saturated rings. The van der Waals surface area contributed by atoms with Crippen LogP contribution in [0.5, 0.6) is 5.75 Å². The second-order valence-corrected chi connectivity index (χ2v) is 28.5. The van der Waals surface area contributed by atoms with Crippen LogP contribution in [0.2, 0.25) is 0 Å². The highest BCUT2D eigenvalue weighted by Crippen LogP contribution is 2.72. The van der Waals surface area contributed by atoms with Gasteiger partial charge in [-0.15, -0.1) is 0 Å². The fourth-order valence-electron chi connectivity index (χ4n) is 15.8. The van der Waals surface area contributed by atoms with Crippen LogP contribution in [0, 0.1) is 29.1 Å². The number of pyridine rings is 1. The lowest BCUT2D eigenvalue weighted by molar-refractivity contribution is -0.248. The van der Waals surface area contributed by atoms with E-state index in [-0.39, 0.29) is 71.1 Å². The number of nitrogens with one attached hydrogen (secondary N) is 4. The highest BCUT2D eigenvalue weighted by Gasteiger charge is 2.66. The van der Waals surface area contributed by atoms with E-state index in [1.165, 1.54) is 28.4 Å². The van der Waals surface area contributed by atoms with Crippen molar-refractivity contribution < 1.29 is 57.7 Å². The molecule has 6 aromatic rings. The second-order valence-electron chi connectivity index (χ2n) is 27.5. The number of aromatic nitrogens is 4. The maximum atomic E-state index is 14.0. The number of unbranched alkanes of at least 4 members (excludes halogenated alkanes) is 2. The van der Waals surface area contributed by atoms with E-state index in [0.29, 0.717) is 103 Å². The normalized spacial score (nSPS) is 21.7. The maximum absolute atomic E-state index is 14.0. The molecule has 4 atom stereocenters. The second kappa shape index (κ2) is 27.1. The molecule has 0 saturated heterocycles. The number of benzene rings is 3. The van der Waals surface area contributed by atoms with Crippen molar-refractivity contribution in [3.05, 3.63) is 125 Å². The van der Waals surface area contributed by atoms with Crippen molar-refractivity contribution in [1.29, 1.82) is 0 Å². The first-order valence-corrected chi connectivity index (χ1v) is 33.1. The SMILES string of the molecule is COc1cc2c(c(C(=O)Nc3nc4ccccc4s3)c1)CN(c1ccc(-c3cnn(CC45CC6(C)CC(C)(C4)CC(OCCN(C)C(=O)OCc4ccc(NC(=O)[C@H](C)NC(=O)[C@@H](NC(=O)CCCCCN7C(=O)C=CC7=O)C(C)C)cc4)(C6)C5)c3C)c(C(=O)O)n1)CC2. The van der Waals surface area contributed by atoms with Crippen molar-refractivity contribution in [2.24, 2.45) is 22.2 Å². The van der Waals surface area contributed by atoms with Gasteiger partial charge in [-0.2, -0.15) is 5.10 Å². The largest absolute Gasteiger partial charge is 0.497 e. The standard InChI is InChI=1S/C70H83N11O12S/c1-42(2)59(76-56(82)16-10-9-13-26-80-57(83)23-24-58(80)84)63(87)72-43(3)61(85)73-47-19-17-45(18-20-47)34-92-66(90)78(7)28-29-93-70-38-67(5)35-68(6,39-70)37-69(36-67,40-70)41-81-44(4)51(32-71-81)49-21-22-55(75-60(49)64(88)89)79-27-25-46-30-48(91-8)31-50(52(46)33-79)62(86)77-65-74-53-14-11-12-15-54(53)94-65/h11-12,14-15,17-24,30-32,42-43,59H,9-10,13,16,25-29,33-41H2,1-8H3,(H,72,87)(H,73,85)(H,76,82)(H,88,89)(H,74,77,86)/t43-,59-,67?,68?,69?,70?/m0/s1. The first-order valence-electron chi connectivity index (χ1n) is 32.3. The van der Waals surface area contributed by atoms with Crippen LogP contribution in [0.15, 0.2) is 91.1 Å². The van der Waals surface area contributed by atoms with Crippen molar-refractivity contribution in [3.8, 4) is 16.9 Å². The Kier molecular flexibility index (Phi) is 19.2. The van der Waals surface area contributed by atoms with Gasteiger partial charge in [-0.05, 0) is 159 Å². The van der Waals surface area contributed by atoms with Gasteiger partial charge in [0.25, 0.3) is 17.7 Å². The molecule has 7 amide bonds. The van der Waals surface area contributed by atoms with Gasteiger partial charge in [-0.3, -0.25) is 43.7 Å². The predicted molar refractivity (Wildman–Crippen MR) is 354 cm³/mol. The van der Waals surface area contributed by atoms with Crippen molar-refractivity contribution in [3.63, 3.8) is 0 Å². The smallest absolute Gasteiger partial charge is 0.409 e. The van der Waals surface area contributed by atoms with Crippen molar-refractivity contribution in [2.45, 2.75) is 150 Å². The zero-order valence-corrected chi connectivity index (χ0v) is 55.4. The third kappa shape index (κ3) is 14.7. The van der Waals surface area contributed by atoms with Gasteiger partial charge in [-0.25, -0.2) is 19.6 Å². The van der Waals surface area contributed by atoms with Crippen LogP contribution in [-0.2, 0) is 59.6 Å². The number of methoxy groups -OCH3 is 1. The molecule has 2 aliphatic heterocycles. The summed E-state index contributed by atoms with van der Waals surface area (Å²) in [6, 6.07) is 20.1. The Bertz CT molecular complexity index is 3900. The van der Waals surface area contributed by atoms with Gasteiger partial charge in [0.15, 0.2) is 10.8 Å². The Morgan fingerprint density at radius 2 is 1.55 bits per heavy atom. The molecule has 12 rings (SSSR count). The number of carbonyl (C=O) groups is 8. The number of hydrogen-bond acceptors (Lipinski definition) is 16. The third-order valence-corrected chi connectivity index (χ3v) is 20.1. The highest BCUT2D eigenvalue weighted by atomic mass is 32.1. The molecule has 6 aliphatic rings. The molecule has 496 valence electrons. The zero-order chi connectivity index (χ0) is 66.9. The number of carboxylic acids is 1. The number of nitrogens with zero attached hydrogens (tertiary/aromatic N) is 7. The molecule has 3 aromatic heterocycles. The van der Waals surface area contributed by atoms with Crippen LogP contribution in [0.4, 0.5) is 21.4 Å². The Morgan fingerprint density at radius 3 is 2.26 bits per heavy atom. The number of likely N-dealkylation sites (N-methyl/N-ethyl adjacent to an activating group) is 1. The van der Waals surface area contributed by atoms with E-state index < -0.39 is 41.6 Å². The van der Waals surface area contributed by atoms with Gasteiger partial charge in [0.05, 0.1) is 35.7 Å². The number of para-hydroxylation sites is 1. The molecule has 4 saturated carbocycles. The van der Waals surface area contributed by atoms with Gasteiger partial charge >= 0.3 is 12.1 Å². The molecule has 94 heavy (non-hydrogen) atoms. The summed E-state index contributed by atoms with van der Waals surface area (Å²) in [5.74, 6) is -2.65. The van der Waals surface area contributed by atoms with Crippen LogP contribution in [0.25, 0.3) is 21.3 Å². The van der Waals surface area contributed by atoms with Crippen LogP contribution in [0.1, 0.15) is 142 Å². The Hall–Kier alpha value is -9.03. The van der Waals surface area contributed by atoms with Crippen LogP contribution in [-0.4, -0.2) is 140 Å². The number of fused-ring (bicyclic) bond motifs is 2. The first-order chi connectivity index (χ1) is 44.8. The number of anilines is 3. The quantitative estimate of drug-likeness (QED) is 0.0249. The number of rotatable bonds is 26. The topological polar surface area (TPSA) is 286 Å². The number of carboxylic acid groups (broad SMARTS) is 1. The van der Waals surface area contributed by atoms with E-state index in [1.54, 1.807) is 71.5 Å². The Balaban J connectivity index is 0.656. The molecule has 4 aliphatic carbocycles. The number of carbonyl (C=O) groups excluding carboxylic acids is 7. The third-order valence-electron chi connectivity index (χ3n) is 19.2. The summed E-state index contributed by atoms with van der Waals surface area (Å²) in [7, 11) is 3.26. The number of thiazole rings is 1. The molecule has 4 bridgehead atoms.